The van der Waals surface area contributed by atoms with Gasteiger partial charge in [-0.1, -0.05) is 18.7 Å². The van der Waals surface area contributed by atoms with Crippen LogP contribution >= 0.6 is 11.3 Å². The Kier molecular flexibility index (Phi) is 5.21. The third-order valence-corrected chi connectivity index (χ3v) is 8.22. The number of carbonyl (C=O) groups excluding carboxylic acids is 2. The first-order valence-corrected chi connectivity index (χ1v) is 12.4. The lowest BCUT2D eigenvalue weighted by molar-refractivity contribution is -0.125. The number of carbonyl (C=O) groups is 2. The van der Waals surface area contributed by atoms with Gasteiger partial charge in [0.1, 0.15) is 6.33 Å². The summed E-state index contributed by atoms with van der Waals surface area (Å²) in [6.45, 7) is 5.16. The van der Waals surface area contributed by atoms with E-state index in [0.29, 0.717) is 10.8 Å². The lowest BCUT2D eigenvalue weighted by Crippen LogP contribution is -2.42. The van der Waals surface area contributed by atoms with Gasteiger partial charge in [0, 0.05) is 25.3 Å². The number of imidazole rings is 1. The monoisotopic (exact) mass is 484 g/mol. The van der Waals surface area contributed by atoms with Crippen LogP contribution in [-0.2, 0) is 4.79 Å². The van der Waals surface area contributed by atoms with Crippen LogP contribution in [0.2, 0.25) is 0 Å². The molecule has 9 heteroatoms. The minimum Gasteiger partial charge on any atom is -0.339 e. The fraction of sp³-hybridized carbons (Fsp3) is 0.269. The van der Waals surface area contributed by atoms with Crippen molar-refractivity contribution in [1.29, 1.82) is 0 Å². The molecule has 2 amide bonds. The number of rotatable bonds is 5. The van der Waals surface area contributed by atoms with E-state index >= 15 is 0 Å². The number of benzene rings is 1. The summed E-state index contributed by atoms with van der Waals surface area (Å²) in [6, 6.07) is 13.7. The van der Waals surface area contributed by atoms with E-state index in [1.807, 2.05) is 47.4 Å². The van der Waals surface area contributed by atoms with Crippen LogP contribution in [0.5, 0.6) is 0 Å². The summed E-state index contributed by atoms with van der Waals surface area (Å²) in [4.78, 5) is 41.6. The van der Waals surface area contributed by atoms with E-state index in [-0.39, 0.29) is 23.3 Å². The second-order valence-corrected chi connectivity index (χ2v) is 10.4. The molecule has 2 aliphatic rings. The van der Waals surface area contributed by atoms with E-state index in [4.69, 9.17) is 4.98 Å². The first-order valence-electron chi connectivity index (χ1n) is 11.6. The van der Waals surface area contributed by atoms with Crippen LogP contribution in [0.15, 0.2) is 67.6 Å². The third-order valence-electron chi connectivity index (χ3n) is 7.11. The summed E-state index contributed by atoms with van der Waals surface area (Å²) in [5.74, 6) is 0.373. The fourth-order valence-corrected chi connectivity index (χ4v) is 6.29. The quantitative estimate of drug-likeness (QED) is 0.420. The summed E-state index contributed by atoms with van der Waals surface area (Å²) in [7, 11) is 0. The average Bonchev–Trinajstić information content (AvgIpc) is 3.60. The van der Waals surface area contributed by atoms with Crippen molar-refractivity contribution in [2.75, 3.05) is 18.4 Å². The zero-order chi connectivity index (χ0) is 24.0. The zero-order valence-corrected chi connectivity index (χ0v) is 19.9. The Balaban J connectivity index is 1.24. The summed E-state index contributed by atoms with van der Waals surface area (Å²) in [6.07, 6.45) is 7.49. The van der Waals surface area contributed by atoms with Gasteiger partial charge in [0.25, 0.3) is 5.91 Å². The molecule has 1 spiro atoms. The number of para-hydroxylation sites is 2. The van der Waals surface area contributed by atoms with Gasteiger partial charge in [-0.25, -0.2) is 15.0 Å². The summed E-state index contributed by atoms with van der Waals surface area (Å²) >= 11 is 1.39. The van der Waals surface area contributed by atoms with Crippen molar-refractivity contribution in [3.63, 3.8) is 0 Å². The van der Waals surface area contributed by atoms with Gasteiger partial charge in [0.15, 0.2) is 0 Å². The second-order valence-electron chi connectivity index (χ2n) is 9.28. The van der Waals surface area contributed by atoms with Crippen molar-refractivity contribution in [3.8, 4) is 10.6 Å². The predicted octanol–water partition coefficient (Wildman–Crippen LogP) is 4.55. The minimum absolute atomic E-state index is 0.00337. The van der Waals surface area contributed by atoms with Gasteiger partial charge >= 0.3 is 0 Å². The number of amides is 2. The SMILES string of the molecule is C=CC(=O)N1CCC2(CC(n3c(NC(=O)c4ccc(-c5ccncn5)s4)nc4ccccc43)C2)C1. The van der Waals surface area contributed by atoms with Crippen LogP contribution in [0.25, 0.3) is 21.6 Å². The van der Waals surface area contributed by atoms with Crippen molar-refractivity contribution in [2.45, 2.75) is 25.3 Å². The van der Waals surface area contributed by atoms with Gasteiger partial charge in [-0.15, -0.1) is 11.3 Å². The number of hydrogen-bond acceptors (Lipinski definition) is 6. The van der Waals surface area contributed by atoms with E-state index < -0.39 is 0 Å². The van der Waals surface area contributed by atoms with Gasteiger partial charge in [0.2, 0.25) is 11.9 Å². The highest BCUT2D eigenvalue weighted by Crippen LogP contribution is 2.55. The Labute approximate surface area is 206 Å². The van der Waals surface area contributed by atoms with Crippen LogP contribution < -0.4 is 5.32 Å². The number of hydrogen-bond donors (Lipinski definition) is 1. The molecule has 1 N–H and O–H groups in total. The molecule has 1 saturated heterocycles. The van der Waals surface area contributed by atoms with Gasteiger partial charge < -0.3 is 9.47 Å². The maximum absolute atomic E-state index is 13.2. The smallest absolute Gasteiger partial charge is 0.268 e. The molecule has 0 radical (unpaired) electrons. The Hall–Kier alpha value is -3.85. The standard InChI is InChI=1S/C26H24N6O2S/c1-2-23(33)31-12-10-26(15-31)13-17(14-26)32-20-6-4-3-5-18(20)29-25(32)30-24(34)22-8-7-21(35-22)19-9-11-27-16-28-19/h2-9,11,16-17H,1,10,12-15H2,(H,29,30,34). The highest BCUT2D eigenvalue weighted by Gasteiger charge is 2.50. The Morgan fingerprint density at radius 1 is 1.17 bits per heavy atom. The normalized spacial score (nSPS) is 21.3. The molecule has 35 heavy (non-hydrogen) atoms. The molecule has 1 aliphatic carbocycles. The minimum atomic E-state index is -0.190. The molecule has 176 valence electrons. The van der Waals surface area contributed by atoms with E-state index in [0.717, 1.165) is 54.0 Å². The topological polar surface area (TPSA) is 93.0 Å². The number of nitrogens with zero attached hydrogens (tertiary/aromatic N) is 5. The lowest BCUT2D eigenvalue weighted by Gasteiger charge is -2.46. The zero-order valence-electron chi connectivity index (χ0n) is 19.1. The molecule has 0 atom stereocenters. The number of anilines is 1. The first-order chi connectivity index (χ1) is 17.0. The summed E-state index contributed by atoms with van der Waals surface area (Å²) < 4.78 is 2.16. The van der Waals surface area contributed by atoms with Crippen molar-refractivity contribution < 1.29 is 9.59 Å². The second kappa shape index (κ2) is 8.42. The van der Waals surface area contributed by atoms with Gasteiger partial charge in [-0.3, -0.25) is 14.9 Å². The van der Waals surface area contributed by atoms with Gasteiger partial charge in [0.05, 0.1) is 26.5 Å². The summed E-state index contributed by atoms with van der Waals surface area (Å²) in [5.41, 5.74) is 2.78. The molecule has 4 aromatic rings. The van der Waals surface area contributed by atoms with Crippen molar-refractivity contribution in [3.05, 3.63) is 72.5 Å². The van der Waals surface area contributed by atoms with Crippen LogP contribution in [0, 0.1) is 5.41 Å². The maximum Gasteiger partial charge on any atom is 0.268 e. The van der Waals surface area contributed by atoms with Crippen LogP contribution in [0.4, 0.5) is 5.95 Å². The van der Waals surface area contributed by atoms with Crippen LogP contribution in [0.1, 0.15) is 35.0 Å². The van der Waals surface area contributed by atoms with Crippen LogP contribution in [0.3, 0.4) is 0 Å². The third kappa shape index (κ3) is 3.81. The average molecular weight is 485 g/mol. The van der Waals surface area contributed by atoms with E-state index in [2.05, 4.69) is 26.4 Å². The molecule has 1 aromatic carbocycles. The molecule has 0 bridgehead atoms. The van der Waals surface area contributed by atoms with E-state index in [1.165, 1.54) is 23.7 Å². The molecule has 4 heterocycles. The molecule has 0 unspecified atom stereocenters. The van der Waals surface area contributed by atoms with Crippen molar-refractivity contribution in [2.24, 2.45) is 5.41 Å². The fourth-order valence-electron chi connectivity index (χ4n) is 5.41. The molecule has 8 nitrogen and oxygen atoms in total. The van der Waals surface area contributed by atoms with Crippen molar-refractivity contribution in [1.82, 2.24) is 24.4 Å². The number of aromatic nitrogens is 4. The maximum atomic E-state index is 13.2. The molecule has 1 aliphatic heterocycles. The molecule has 6 rings (SSSR count). The van der Waals surface area contributed by atoms with Crippen molar-refractivity contribution >= 4 is 40.1 Å². The van der Waals surface area contributed by atoms with Gasteiger partial charge in [-0.2, -0.15) is 0 Å². The lowest BCUT2D eigenvalue weighted by atomic mass is 9.65. The molecule has 2 fully saturated rings. The predicted molar refractivity (Wildman–Crippen MR) is 135 cm³/mol. The van der Waals surface area contributed by atoms with Crippen LogP contribution in [-0.4, -0.2) is 49.3 Å². The Morgan fingerprint density at radius 3 is 2.83 bits per heavy atom. The van der Waals surface area contributed by atoms with E-state index in [1.54, 1.807) is 6.20 Å². The Bertz CT molecular complexity index is 1440. The number of thiophene rings is 1. The first kappa shape index (κ1) is 21.7. The molecular formula is C26H24N6O2S. The number of fused-ring (bicyclic) bond motifs is 1. The number of nitrogens with one attached hydrogen (secondary N) is 1. The highest BCUT2D eigenvalue weighted by molar-refractivity contribution is 7.17. The summed E-state index contributed by atoms with van der Waals surface area (Å²) in [5, 5.41) is 3.06. The van der Waals surface area contributed by atoms with Gasteiger partial charge in [-0.05, 0) is 61.1 Å². The highest BCUT2D eigenvalue weighted by atomic mass is 32.1. The molecular weight excluding hydrogens is 460 g/mol. The largest absolute Gasteiger partial charge is 0.339 e. The van der Waals surface area contributed by atoms with E-state index in [9.17, 15) is 9.59 Å². The molecule has 3 aromatic heterocycles. The Morgan fingerprint density at radius 2 is 2.03 bits per heavy atom. The molecule has 1 saturated carbocycles. The number of likely N-dealkylation sites (tertiary alicyclic amines) is 1.